The van der Waals surface area contributed by atoms with Crippen LogP contribution in [0.25, 0.3) is 0 Å². The quantitative estimate of drug-likeness (QED) is 0.0510. The number of rotatable bonds is 38. The molecule has 0 bridgehead atoms. The van der Waals surface area contributed by atoms with E-state index in [0.29, 0.717) is 6.61 Å². The molecule has 0 aliphatic heterocycles. The van der Waals surface area contributed by atoms with E-state index >= 15 is 0 Å². The van der Waals surface area contributed by atoms with Crippen molar-refractivity contribution in [2.75, 3.05) is 35.4 Å². The van der Waals surface area contributed by atoms with Crippen LogP contribution in [0, 0.1) is 0 Å². The highest BCUT2D eigenvalue weighted by Gasteiger charge is 2.14. The summed E-state index contributed by atoms with van der Waals surface area (Å²) in [5.74, 6) is 5.37. The van der Waals surface area contributed by atoms with Gasteiger partial charge in [-0.05, 0) is 36.2 Å². The van der Waals surface area contributed by atoms with Gasteiger partial charge in [-0.15, -0.1) is 0 Å². The van der Waals surface area contributed by atoms with Crippen molar-refractivity contribution in [3.05, 3.63) is 0 Å². The molecule has 0 aromatic carbocycles. The molecule has 7 heteroatoms. The molecule has 1 unspecified atom stereocenters. The SMILES string of the molecule is CCCCCCCCCCCCCCCCSCCOP(O)(=S)SCCSCCCCCCCCCCCCCCCC. The Morgan fingerprint density at radius 1 is 0.419 bits per heavy atom. The molecule has 0 aromatic rings. The lowest BCUT2D eigenvalue weighted by Gasteiger charge is -2.14. The number of unbranched alkanes of at least 4 members (excludes halogenated alkanes) is 26. The van der Waals surface area contributed by atoms with Gasteiger partial charge in [0.1, 0.15) is 0 Å². The number of thioether (sulfide) groups is 2. The van der Waals surface area contributed by atoms with Gasteiger partial charge in [-0.1, -0.05) is 192 Å². The van der Waals surface area contributed by atoms with Gasteiger partial charge < -0.3 is 9.42 Å². The van der Waals surface area contributed by atoms with Gasteiger partial charge in [0.25, 0.3) is 0 Å². The first-order chi connectivity index (χ1) is 21.1. The highest BCUT2D eigenvalue weighted by Crippen LogP contribution is 2.56. The maximum absolute atomic E-state index is 10.4. The van der Waals surface area contributed by atoms with Crippen LogP contribution in [0.5, 0.6) is 0 Å². The van der Waals surface area contributed by atoms with Gasteiger partial charge in [-0.2, -0.15) is 23.5 Å². The standard InChI is InChI=1S/C36H75O2PS4/c1-3-5-7-9-11-13-15-17-19-21-23-25-27-29-32-41-34-31-38-39(37,40)43-36-35-42-33-30-28-26-24-22-20-18-16-14-12-10-8-6-4-2/h3-36H2,1-2H3,(H,37,40). The first-order valence-electron chi connectivity index (χ1n) is 18.9. The Morgan fingerprint density at radius 3 is 1.07 bits per heavy atom. The van der Waals surface area contributed by atoms with E-state index in [4.69, 9.17) is 16.3 Å². The minimum absolute atomic E-state index is 0.593. The van der Waals surface area contributed by atoms with Gasteiger partial charge in [0.05, 0.1) is 6.61 Å². The summed E-state index contributed by atoms with van der Waals surface area (Å²) in [5.41, 5.74) is -2.65. The van der Waals surface area contributed by atoms with E-state index in [2.05, 4.69) is 13.8 Å². The maximum atomic E-state index is 10.4. The summed E-state index contributed by atoms with van der Waals surface area (Å²) in [5, 5.41) is 0. The molecular formula is C36H75O2PS4. The van der Waals surface area contributed by atoms with Crippen molar-refractivity contribution in [1.29, 1.82) is 0 Å². The van der Waals surface area contributed by atoms with E-state index in [1.54, 1.807) is 0 Å². The second-order valence-corrected chi connectivity index (χ2v) is 21.3. The molecule has 0 rings (SSSR count). The van der Waals surface area contributed by atoms with Crippen LogP contribution < -0.4 is 0 Å². The van der Waals surface area contributed by atoms with Crippen LogP contribution >= 0.6 is 40.6 Å². The highest BCUT2D eigenvalue weighted by atomic mass is 32.9. The normalized spacial score (nSPS) is 13.1. The molecule has 0 aromatic heterocycles. The number of hydrogen-bond acceptors (Lipinski definition) is 5. The van der Waals surface area contributed by atoms with E-state index in [1.165, 1.54) is 203 Å². The zero-order valence-corrected chi connectivity index (χ0v) is 33.1. The summed E-state index contributed by atoms with van der Waals surface area (Å²) >= 11 is 10.8. The minimum atomic E-state index is -2.65. The Bertz CT molecular complexity index is 523. The van der Waals surface area contributed by atoms with E-state index < -0.39 is 5.69 Å². The molecule has 43 heavy (non-hydrogen) atoms. The molecule has 0 fully saturated rings. The maximum Gasteiger partial charge on any atom is 0.244 e. The second-order valence-electron chi connectivity index (χ2n) is 12.6. The second kappa shape index (κ2) is 38.1. The topological polar surface area (TPSA) is 29.5 Å². The molecule has 0 saturated heterocycles. The Labute approximate surface area is 289 Å². The van der Waals surface area contributed by atoms with Crippen LogP contribution in [0.2, 0.25) is 0 Å². The monoisotopic (exact) mass is 698 g/mol. The van der Waals surface area contributed by atoms with Gasteiger partial charge in [0.2, 0.25) is 5.69 Å². The van der Waals surface area contributed by atoms with Gasteiger partial charge in [-0.25, -0.2) is 0 Å². The Hall–Kier alpha value is 1.62. The summed E-state index contributed by atoms with van der Waals surface area (Å²) < 4.78 is 5.70. The number of hydrogen-bond donors (Lipinski definition) is 1. The van der Waals surface area contributed by atoms with Gasteiger partial charge in [0.15, 0.2) is 0 Å². The van der Waals surface area contributed by atoms with Crippen LogP contribution in [0.15, 0.2) is 0 Å². The van der Waals surface area contributed by atoms with E-state index in [9.17, 15) is 4.89 Å². The molecule has 0 saturated carbocycles. The third-order valence-electron chi connectivity index (χ3n) is 8.25. The molecule has 1 atom stereocenters. The fourth-order valence-corrected chi connectivity index (χ4v) is 11.1. The van der Waals surface area contributed by atoms with Crippen LogP contribution in [0.1, 0.15) is 194 Å². The van der Waals surface area contributed by atoms with Crippen LogP contribution in [0.4, 0.5) is 0 Å². The van der Waals surface area contributed by atoms with Crippen molar-refractivity contribution < 1.29 is 9.42 Å². The Balaban J connectivity index is 3.26. The van der Waals surface area contributed by atoms with Crippen molar-refractivity contribution in [2.45, 2.75) is 194 Å². The summed E-state index contributed by atoms with van der Waals surface area (Å²) in [6, 6.07) is 0. The zero-order valence-electron chi connectivity index (χ0n) is 29.0. The van der Waals surface area contributed by atoms with Gasteiger partial charge >= 0.3 is 0 Å². The fourth-order valence-electron chi connectivity index (χ4n) is 5.46. The lowest BCUT2D eigenvalue weighted by Crippen LogP contribution is -1.96. The lowest BCUT2D eigenvalue weighted by molar-refractivity contribution is 0.344. The molecule has 0 aliphatic carbocycles. The van der Waals surface area contributed by atoms with Crippen molar-refractivity contribution in [3.8, 4) is 0 Å². The Morgan fingerprint density at radius 2 is 0.721 bits per heavy atom. The van der Waals surface area contributed by atoms with E-state index in [-0.39, 0.29) is 0 Å². The largest absolute Gasteiger partial charge is 0.337 e. The third-order valence-corrected chi connectivity index (χ3v) is 14.9. The first-order valence-corrected chi connectivity index (χ1v) is 25.5. The molecule has 0 spiro atoms. The summed E-state index contributed by atoms with van der Waals surface area (Å²) in [6.07, 6.45) is 39.6. The van der Waals surface area contributed by atoms with E-state index in [0.717, 1.165) is 17.3 Å². The van der Waals surface area contributed by atoms with Crippen LogP contribution in [-0.4, -0.2) is 40.3 Å². The molecule has 0 amide bonds. The molecule has 1 N–H and O–H groups in total. The van der Waals surface area contributed by atoms with Gasteiger partial charge in [-0.3, -0.25) is 0 Å². The van der Waals surface area contributed by atoms with Crippen molar-refractivity contribution in [2.24, 2.45) is 0 Å². The summed E-state index contributed by atoms with van der Waals surface area (Å²) in [7, 11) is 0. The van der Waals surface area contributed by atoms with Gasteiger partial charge in [0, 0.05) is 17.3 Å². The fraction of sp³-hybridized carbons (Fsp3) is 1.00. The molecular weight excluding hydrogens is 624 g/mol. The third kappa shape index (κ3) is 39.7. The summed E-state index contributed by atoms with van der Waals surface area (Å²) in [6.45, 7) is 5.18. The molecule has 260 valence electrons. The van der Waals surface area contributed by atoms with Crippen LogP contribution in [0.3, 0.4) is 0 Å². The minimum Gasteiger partial charge on any atom is -0.337 e. The highest BCUT2D eigenvalue weighted by molar-refractivity contribution is 8.67. The first kappa shape index (κ1) is 44.6. The smallest absolute Gasteiger partial charge is 0.244 e. The zero-order chi connectivity index (χ0) is 31.4. The molecule has 0 aliphatic rings. The summed E-state index contributed by atoms with van der Waals surface area (Å²) in [4.78, 5) is 10.4. The molecule has 2 nitrogen and oxygen atoms in total. The average Bonchev–Trinajstić information content (AvgIpc) is 3.00. The predicted octanol–water partition coefficient (Wildman–Crippen LogP) is 14.4. The lowest BCUT2D eigenvalue weighted by atomic mass is 10.0. The Kier molecular flexibility index (Phi) is 39.5. The predicted molar refractivity (Wildman–Crippen MR) is 210 cm³/mol. The van der Waals surface area contributed by atoms with Crippen molar-refractivity contribution >= 4 is 52.4 Å². The average molecular weight is 699 g/mol. The van der Waals surface area contributed by atoms with Crippen molar-refractivity contribution in [1.82, 2.24) is 0 Å². The van der Waals surface area contributed by atoms with Crippen molar-refractivity contribution in [3.63, 3.8) is 0 Å². The molecule has 0 radical (unpaired) electrons. The van der Waals surface area contributed by atoms with E-state index in [1.807, 2.05) is 23.5 Å². The molecule has 0 heterocycles. The van der Waals surface area contributed by atoms with Crippen LogP contribution in [-0.2, 0) is 16.3 Å².